The van der Waals surface area contributed by atoms with Crippen LogP contribution in [0.25, 0.3) is 0 Å². The maximum atomic E-state index is 9.89. The van der Waals surface area contributed by atoms with Crippen LogP contribution in [0.1, 0.15) is 38.9 Å². The van der Waals surface area contributed by atoms with Crippen LogP contribution >= 0.6 is 0 Å². The first kappa shape index (κ1) is 13.2. The van der Waals surface area contributed by atoms with Crippen LogP contribution in [-0.2, 0) is 0 Å². The minimum absolute atomic E-state index is 0.352. The second kappa shape index (κ2) is 6.02. The average Bonchev–Trinajstić information content (AvgIpc) is 2.24. The van der Waals surface area contributed by atoms with Gasteiger partial charge in [0.05, 0.1) is 6.10 Å². The molecule has 16 heavy (non-hydrogen) atoms. The van der Waals surface area contributed by atoms with Crippen molar-refractivity contribution in [3.63, 3.8) is 0 Å². The Labute approximate surface area is 98.7 Å². The third-order valence-corrected chi connectivity index (χ3v) is 2.57. The monoisotopic (exact) mass is 221 g/mol. The molecule has 0 radical (unpaired) electrons. The fourth-order valence-electron chi connectivity index (χ4n) is 1.50. The summed E-state index contributed by atoms with van der Waals surface area (Å²) in [5.41, 5.74) is 1.33. The van der Waals surface area contributed by atoms with Crippen molar-refractivity contribution >= 4 is 0 Å². The lowest BCUT2D eigenvalue weighted by molar-refractivity contribution is 0.173. The van der Waals surface area contributed by atoms with Gasteiger partial charge in [-0.1, -0.05) is 51.1 Å². The predicted octanol–water partition coefficient (Wildman–Crippen LogP) is 2.75. The van der Waals surface area contributed by atoms with E-state index in [-0.39, 0.29) is 0 Å². The molecule has 0 bridgehead atoms. The molecule has 0 aliphatic carbocycles. The van der Waals surface area contributed by atoms with Gasteiger partial charge in [0.15, 0.2) is 0 Å². The molecule has 0 amide bonds. The average molecular weight is 221 g/mol. The summed E-state index contributed by atoms with van der Waals surface area (Å²) in [6, 6.07) is 9.77. The summed E-state index contributed by atoms with van der Waals surface area (Å²) in [6.45, 7) is 8.25. The largest absolute Gasteiger partial charge is 0.387 e. The van der Waals surface area contributed by atoms with Gasteiger partial charge >= 0.3 is 0 Å². The first-order valence-electron chi connectivity index (χ1n) is 5.93. The van der Waals surface area contributed by atoms with E-state index in [9.17, 15) is 5.11 Å². The van der Waals surface area contributed by atoms with Crippen LogP contribution < -0.4 is 5.32 Å². The highest BCUT2D eigenvalue weighted by Gasteiger charge is 2.10. The number of aliphatic hydroxyl groups excluding tert-OH is 1. The summed E-state index contributed by atoms with van der Waals surface area (Å²) in [6.07, 6.45) is 0.718. The quantitative estimate of drug-likeness (QED) is 0.749. The van der Waals surface area contributed by atoms with Gasteiger partial charge < -0.3 is 10.4 Å². The Hall–Kier alpha value is -0.860. The molecule has 0 aromatic heterocycles. The smallest absolute Gasteiger partial charge is 0.0914 e. The van der Waals surface area contributed by atoms with Gasteiger partial charge in [0.2, 0.25) is 0 Å². The van der Waals surface area contributed by atoms with Crippen molar-refractivity contribution in [2.45, 2.75) is 33.3 Å². The maximum absolute atomic E-state index is 9.89. The number of benzene rings is 1. The first-order valence-corrected chi connectivity index (χ1v) is 5.93. The van der Waals surface area contributed by atoms with Crippen molar-refractivity contribution in [2.24, 2.45) is 5.41 Å². The number of nitrogens with one attached hydrogen (secondary N) is 1. The van der Waals surface area contributed by atoms with Gasteiger partial charge in [-0.2, -0.15) is 0 Å². The Balaban J connectivity index is 2.24. The summed E-state index contributed by atoms with van der Waals surface area (Å²) in [7, 11) is 0. The molecule has 0 heterocycles. The first-order chi connectivity index (χ1) is 7.49. The molecule has 1 rings (SSSR count). The molecule has 1 atom stereocenters. The van der Waals surface area contributed by atoms with E-state index in [1.54, 1.807) is 0 Å². The van der Waals surface area contributed by atoms with Crippen molar-refractivity contribution in [2.75, 3.05) is 13.1 Å². The zero-order valence-electron chi connectivity index (χ0n) is 10.5. The number of hydrogen-bond acceptors (Lipinski definition) is 2. The molecular weight excluding hydrogens is 198 g/mol. The molecule has 90 valence electrons. The molecule has 0 saturated carbocycles. The molecule has 0 aliphatic heterocycles. The van der Waals surface area contributed by atoms with Gasteiger partial charge in [-0.05, 0) is 23.9 Å². The van der Waals surface area contributed by atoms with Crippen LogP contribution in [-0.4, -0.2) is 18.2 Å². The molecular formula is C14H23NO. The van der Waals surface area contributed by atoms with E-state index in [1.807, 2.05) is 30.3 Å². The molecule has 0 aliphatic rings. The van der Waals surface area contributed by atoms with Gasteiger partial charge in [0.25, 0.3) is 0 Å². The molecule has 1 aromatic carbocycles. The fraction of sp³-hybridized carbons (Fsp3) is 0.571. The highest BCUT2D eigenvalue weighted by molar-refractivity contribution is 5.17. The molecule has 1 unspecified atom stereocenters. The maximum Gasteiger partial charge on any atom is 0.0914 e. The van der Waals surface area contributed by atoms with E-state index in [2.05, 4.69) is 26.1 Å². The Bertz CT molecular complexity index is 289. The summed E-state index contributed by atoms with van der Waals surface area (Å²) in [5.74, 6) is 0. The van der Waals surface area contributed by atoms with Gasteiger partial charge in [0, 0.05) is 6.54 Å². The van der Waals surface area contributed by atoms with Gasteiger partial charge in [0.1, 0.15) is 0 Å². The van der Waals surface area contributed by atoms with Crippen LogP contribution in [0.2, 0.25) is 0 Å². The highest BCUT2D eigenvalue weighted by atomic mass is 16.3. The molecule has 1 aromatic rings. The third kappa shape index (κ3) is 5.29. The van der Waals surface area contributed by atoms with Crippen molar-refractivity contribution in [3.05, 3.63) is 35.9 Å². The topological polar surface area (TPSA) is 32.3 Å². The van der Waals surface area contributed by atoms with Gasteiger partial charge in [-0.25, -0.2) is 0 Å². The third-order valence-electron chi connectivity index (χ3n) is 2.57. The lowest BCUT2D eigenvalue weighted by atomic mass is 9.92. The van der Waals surface area contributed by atoms with Gasteiger partial charge in [-0.3, -0.25) is 0 Å². The van der Waals surface area contributed by atoms with E-state index in [1.165, 1.54) is 0 Å². The van der Waals surface area contributed by atoms with E-state index in [4.69, 9.17) is 0 Å². The minimum Gasteiger partial charge on any atom is -0.387 e. The summed E-state index contributed by atoms with van der Waals surface area (Å²) < 4.78 is 0. The van der Waals surface area contributed by atoms with E-state index >= 15 is 0 Å². The second-order valence-corrected chi connectivity index (χ2v) is 5.44. The minimum atomic E-state index is -0.402. The van der Waals surface area contributed by atoms with Crippen LogP contribution in [0.5, 0.6) is 0 Å². The summed E-state index contributed by atoms with van der Waals surface area (Å²) in [4.78, 5) is 0. The molecule has 2 N–H and O–H groups in total. The SMILES string of the molecule is CC(C)(C)CCNCC(O)c1ccccc1. The van der Waals surface area contributed by atoms with Crippen LogP contribution in [0.3, 0.4) is 0 Å². The molecule has 0 saturated heterocycles. The molecule has 0 spiro atoms. The number of hydrogen-bond donors (Lipinski definition) is 2. The van der Waals surface area contributed by atoms with Crippen molar-refractivity contribution in [3.8, 4) is 0 Å². The van der Waals surface area contributed by atoms with Crippen LogP contribution in [0.15, 0.2) is 30.3 Å². The highest BCUT2D eigenvalue weighted by Crippen LogP contribution is 2.17. The van der Waals surface area contributed by atoms with Crippen molar-refractivity contribution < 1.29 is 5.11 Å². The Kier molecular flexibility index (Phi) is 4.97. The summed E-state index contributed by atoms with van der Waals surface area (Å²) in [5, 5.41) is 13.2. The number of rotatable bonds is 5. The normalized spacial score (nSPS) is 13.8. The van der Waals surface area contributed by atoms with Crippen LogP contribution in [0, 0.1) is 5.41 Å². The molecule has 0 fully saturated rings. The molecule has 2 heteroatoms. The lowest BCUT2D eigenvalue weighted by Gasteiger charge is -2.19. The van der Waals surface area contributed by atoms with E-state index in [0.29, 0.717) is 12.0 Å². The van der Waals surface area contributed by atoms with E-state index in [0.717, 1.165) is 18.5 Å². The Morgan fingerprint density at radius 1 is 1.19 bits per heavy atom. The molecule has 2 nitrogen and oxygen atoms in total. The standard InChI is InChI=1S/C14H23NO/c1-14(2,3)9-10-15-11-13(16)12-7-5-4-6-8-12/h4-8,13,15-16H,9-11H2,1-3H3. The lowest BCUT2D eigenvalue weighted by Crippen LogP contribution is -2.25. The zero-order valence-corrected chi connectivity index (χ0v) is 10.5. The van der Waals surface area contributed by atoms with Crippen molar-refractivity contribution in [1.29, 1.82) is 0 Å². The van der Waals surface area contributed by atoms with E-state index < -0.39 is 6.10 Å². The predicted molar refractivity (Wildman–Crippen MR) is 68.3 cm³/mol. The summed E-state index contributed by atoms with van der Waals surface area (Å²) >= 11 is 0. The van der Waals surface area contributed by atoms with Gasteiger partial charge in [-0.15, -0.1) is 0 Å². The Morgan fingerprint density at radius 2 is 1.81 bits per heavy atom. The second-order valence-electron chi connectivity index (χ2n) is 5.44. The fourth-order valence-corrected chi connectivity index (χ4v) is 1.50. The van der Waals surface area contributed by atoms with Crippen LogP contribution in [0.4, 0.5) is 0 Å². The van der Waals surface area contributed by atoms with Crippen molar-refractivity contribution in [1.82, 2.24) is 5.32 Å². The Morgan fingerprint density at radius 3 is 2.38 bits per heavy atom. The number of aliphatic hydroxyl groups is 1. The zero-order chi connectivity index (χ0) is 12.0.